The maximum atomic E-state index is 13.6. The standard InChI is InChI=1S/C25H24F4N4O4S/c1-24(19-4-2-16(25(27,28)29)12-21(19)33-7-10-36-11-8-33)6-9-37-22-13-18(3-5-20(22)24)38(34,35)32-23-30-14-17(26)15-31-23/h2-5,12-15H,6-11H2,1H3,(H,30,31,32)/t24-/m0/s1. The second-order valence-electron chi connectivity index (χ2n) is 9.25. The summed E-state index contributed by atoms with van der Waals surface area (Å²) in [5.74, 6) is -0.710. The quantitative estimate of drug-likeness (QED) is 0.470. The number of nitrogens with zero attached hydrogens (tertiary/aromatic N) is 3. The SMILES string of the molecule is C[C@@]1(c2ccc(C(F)(F)F)cc2N2CCOCC2)CCOc2cc(S(=O)(=O)Nc3ncc(F)cn3)ccc21. The summed E-state index contributed by atoms with van der Waals surface area (Å²) in [5, 5.41) is 0. The second-order valence-corrected chi connectivity index (χ2v) is 10.9. The largest absolute Gasteiger partial charge is 0.493 e. The first-order chi connectivity index (χ1) is 18.0. The van der Waals surface area contributed by atoms with Crippen molar-refractivity contribution in [1.82, 2.24) is 9.97 Å². The van der Waals surface area contributed by atoms with E-state index >= 15 is 0 Å². The van der Waals surface area contributed by atoms with E-state index in [2.05, 4.69) is 14.7 Å². The number of benzene rings is 2. The van der Waals surface area contributed by atoms with Crippen molar-refractivity contribution in [2.75, 3.05) is 42.5 Å². The lowest BCUT2D eigenvalue weighted by Crippen LogP contribution is -2.39. The van der Waals surface area contributed by atoms with Gasteiger partial charge in [0.05, 0.1) is 42.7 Å². The molecule has 13 heteroatoms. The molecule has 0 amide bonds. The number of ether oxygens (including phenoxy) is 2. The van der Waals surface area contributed by atoms with Crippen LogP contribution in [-0.2, 0) is 26.4 Å². The average Bonchev–Trinajstić information content (AvgIpc) is 2.89. The maximum Gasteiger partial charge on any atom is 0.416 e. The summed E-state index contributed by atoms with van der Waals surface area (Å²) >= 11 is 0. The predicted octanol–water partition coefficient (Wildman–Crippen LogP) is 4.36. The van der Waals surface area contributed by atoms with Gasteiger partial charge in [-0.25, -0.2) is 27.5 Å². The fraction of sp³-hybridized carbons (Fsp3) is 0.360. The maximum absolute atomic E-state index is 13.6. The van der Waals surface area contributed by atoms with E-state index in [0.29, 0.717) is 55.3 Å². The smallest absolute Gasteiger partial charge is 0.416 e. The van der Waals surface area contributed by atoms with Gasteiger partial charge in [0.2, 0.25) is 5.95 Å². The van der Waals surface area contributed by atoms with Crippen LogP contribution < -0.4 is 14.4 Å². The Hall–Kier alpha value is -3.45. The van der Waals surface area contributed by atoms with E-state index in [1.807, 2.05) is 11.8 Å². The Labute approximate surface area is 216 Å². The predicted molar refractivity (Wildman–Crippen MR) is 130 cm³/mol. The van der Waals surface area contributed by atoms with Crippen molar-refractivity contribution in [3.05, 3.63) is 71.3 Å². The van der Waals surface area contributed by atoms with E-state index in [1.54, 1.807) is 6.07 Å². The number of aromatic nitrogens is 2. The van der Waals surface area contributed by atoms with Crippen LogP contribution in [-0.4, -0.2) is 51.3 Å². The van der Waals surface area contributed by atoms with E-state index in [4.69, 9.17) is 9.47 Å². The van der Waals surface area contributed by atoms with E-state index in [9.17, 15) is 26.0 Å². The zero-order valence-corrected chi connectivity index (χ0v) is 21.1. The van der Waals surface area contributed by atoms with E-state index < -0.39 is 33.0 Å². The molecule has 3 heterocycles. The van der Waals surface area contributed by atoms with E-state index in [-0.39, 0.29) is 17.5 Å². The van der Waals surface area contributed by atoms with Gasteiger partial charge >= 0.3 is 6.18 Å². The van der Waals surface area contributed by atoms with Crippen LogP contribution in [0, 0.1) is 5.82 Å². The van der Waals surface area contributed by atoms with Crippen molar-refractivity contribution in [3.63, 3.8) is 0 Å². The zero-order valence-electron chi connectivity index (χ0n) is 20.3. The lowest BCUT2D eigenvalue weighted by Gasteiger charge is -2.40. The Morgan fingerprint density at radius 2 is 1.68 bits per heavy atom. The highest BCUT2D eigenvalue weighted by molar-refractivity contribution is 7.92. The molecule has 1 fully saturated rings. The summed E-state index contributed by atoms with van der Waals surface area (Å²) in [5.41, 5.74) is 0.293. The summed E-state index contributed by atoms with van der Waals surface area (Å²) in [6, 6.07) is 8.10. The van der Waals surface area contributed by atoms with Gasteiger partial charge in [-0.2, -0.15) is 13.2 Å². The van der Waals surface area contributed by atoms with Gasteiger partial charge in [0.1, 0.15) is 5.75 Å². The number of alkyl halides is 3. The molecule has 1 atom stereocenters. The Morgan fingerprint density at radius 1 is 1.00 bits per heavy atom. The molecular formula is C25H24F4N4O4S. The number of morpholine rings is 1. The number of anilines is 2. The molecule has 2 aliphatic rings. The van der Waals surface area contributed by atoms with Crippen LogP contribution in [0.25, 0.3) is 0 Å². The number of hydrogen-bond acceptors (Lipinski definition) is 7. The third kappa shape index (κ3) is 4.99. The van der Waals surface area contributed by atoms with Crippen molar-refractivity contribution >= 4 is 21.7 Å². The van der Waals surface area contributed by atoms with Crippen LogP contribution in [0.5, 0.6) is 5.75 Å². The van der Waals surface area contributed by atoms with Gasteiger partial charge in [-0.05, 0) is 30.2 Å². The van der Waals surface area contributed by atoms with Gasteiger partial charge in [0.15, 0.2) is 5.82 Å². The fourth-order valence-corrected chi connectivity index (χ4v) is 5.78. The minimum absolute atomic E-state index is 0.130. The molecule has 2 aromatic carbocycles. The highest BCUT2D eigenvalue weighted by Crippen LogP contribution is 2.48. The molecule has 0 radical (unpaired) electrons. The third-order valence-electron chi connectivity index (χ3n) is 6.83. The lowest BCUT2D eigenvalue weighted by molar-refractivity contribution is -0.137. The Morgan fingerprint density at radius 3 is 2.37 bits per heavy atom. The highest BCUT2D eigenvalue weighted by Gasteiger charge is 2.40. The summed E-state index contributed by atoms with van der Waals surface area (Å²) in [7, 11) is -4.13. The van der Waals surface area contributed by atoms with Crippen LogP contribution in [0.1, 0.15) is 30.0 Å². The van der Waals surface area contributed by atoms with Gasteiger partial charge in [-0.1, -0.05) is 19.1 Å². The minimum atomic E-state index is -4.50. The molecule has 2 aliphatic heterocycles. The van der Waals surface area contributed by atoms with Crippen molar-refractivity contribution < 1.29 is 35.5 Å². The number of sulfonamides is 1. The van der Waals surface area contributed by atoms with Crippen LogP contribution in [0.15, 0.2) is 53.7 Å². The summed E-state index contributed by atoms with van der Waals surface area (Å²) in [6.45, 7) is 3.84. The Kier molecular flexibility index (Phi) is 6.68. The van der Waals surface area contributed by atoms with E-state index in [1.165, 1.54) is 24.3 Å². The third-order valence-corrected chi connectivity index (χ3v) is 8.16. The molecule has 0 saturated carbocycles. The van der Waals surface area contributed by atoms with Crippen molar-refractivity contribution in [2.24, 2.45) is 0 Å². The van der Waals surface area contributed by atoms with Gasteiger partial charge in [0, 0.05) is 35.8 Å². The van der Waals surface area contributed by atoms with Gasteiger partial charge in [-0.3, -0.25) is 0 Å². The normalized spacial score (nSPS) is 20.0. The molecule has 0 bridgehead atoms. The molecule has 0 aliphatic carbocycles. The van der Waals surface area contributed by atoms with Gasteiger partial charge in [-0.15, -0.1) is 0 Å². The summed E-state index contributed by atoms with van der Waals surface area (Å²) in [6.07, 6.45) is -2.36. The van der Waals surface area contributed by atoms with Gasteiger partial charge in [0.25, 0.3) is 10.0 Å². The first-order valence-electron chi connectivity index (χ1n) is 11.8. The molecule has 0 unspecified atom stereocenters. The van der Waals surface area contributed by atoms with Crippen molar-refractivity contribution in [3.8, 4) is 5.75 Å². The lowest BCUT2D eigenvalue weighted by atomic mass is 9.71. The topological polar surface area (TPSA) is 93.7 Å². The summed E-state index contributed by atoms with van der Waals surface area (Å²) in [4.78, 5) is 8.99. The zero-order chi connectivity index (χ0) is 27.1. The number of hydrogen-bond donors (Lipinski definition) is 1. The average molecular weight is 553 g/mol. The molecule has 5 rings (SSSR count). The van der Waals surface area contributed by atoms with Crippen LogP contribution in [0.3, 0.4) is 0 Å². The van der Waals surface area contributed by atoms with Crippen LogP contribution in [0.2, 0.25) is 0 Å². The molecule has 1 saturated heterocycles. The molecule has 3 aromatic rings. The first kappa shape index (κ1) is 26.2. The number of rotatable bonds is 5. The van der Waals surface area contributed by atoms with Crippen molar-refractivity contribution in [1.29, 1.82) is 0 Å². The number of nitrogens with one attached hydrogen (secondary N) is 1. The summed E-state index contributed by atoms with van der Waals surface area (Å²) < 4.78 is 93.2. The molecule has 202 valence electrons. The Balaban J connectivity index is 1.55. The molecule has 0 spiro atoms. The minimum Gasteiger partial charge on any atom is -0.493 e. The number of halogens is 4. The molecule has 38 heavy (non-hydrogen) atoms. The number of fused-ring (bicyclic) bond motifs is 1. The highest BCUT2D eigenvalue weighted by atomic mass is 32.2. The van der Waals surface area contributed by atoms with Crippen molar-refractivity contribution in [2.45, 2.75) is 29.8 Å². The fourth-order valence-electron chi connectivity index (χ4n) is 4.81. The van der Waals surface area contributed by atoms with Crippen LogP contribution in [0.4, 0.5) is 29.2 Å². The van der Waals surface area contributed by atoms with Gasteiger partial charge < -0.3 is 14.4 Å². The monoisotopic (exact) mass is 552 g/mol. The molecular weight excluding hydrogens is 528 g/mol. The Bertz CT molecular complexity index is 1440. The first-order valence-corrected chi connectivity index (χ1v) is 13.3. The molecule has 1 N–H and O–H groups in total. The van der Waals surface area contributed by atoms with E-state index in [0.717, 1.165) is 18.5 Å². The molecule has 1 aromatic heterocycles. The second kappa shape index (κ2) is 9.70. The van der Waals surface area contributed by atoms with Crippen LogP contribution >= 0.6 is 0 Å². The molecule has 8 nitrogen and oxygen atoms in total.